The first-order valence-electron chi connectivity index (χ1n) is 5.51. The maximum atomic E-state index is 11.4. The number of hydrogen-bond donors (Lipinski definition) is 2. The van der Waals surface area contributed by atoms with E-state index >= 15 is 0 Å². The fourth-order valence-electron chi connectivity index (χ4n) is 1.37. The molecule has 0 bridgehead atoms. The molecule has 0 rings (SSSR count). The van der Waals surface area contributed by atoms with Crippen molar-refractivity contribution in [1.29, 1.82) is 0 Å². The lowest BCUT2D eigenvalue weighted by atomic mass is 9.97. The quantitative estimate of drug-likeness (QED) is 0.697. The van der Waals surface area contributed by atoms with Crippen LogP contribution in [0.1, 0.15) is 40.5 Å². The van der Waals surface area contributed by atoms with E-state index in [1.165, 1.54) is 0 Å². The fourth-order valence-corrected chi connectivity index (χ4v) is 2.10. The predicted octanol–water partition coefficient (Wildman–Crippen LogP) is 1.11. The van der Waals surface area contributed by atoms with Crippen LogP contribution < -0.4 is 4.72 Å². The third-order valence-electron chi connectivity index (χ3n) is 2.71. The van der Waals surface area contributed by atoms with E-state index in [1.54, 1.807) is 13.8 Å². The van der Waals surface area contributed by atoms with Gasteiger partial charge in [0.25, 0.3) is 0 Å². The van der Waals surface area contributed by atoms with E-state index < -0.39 is 21.4 Å². The zero-order chi connectivity index (χ0) is 12.1. The standard InChI is InChI=1S/C10H23NO3S/c1-5-9(6-2)10(12)7-11-15(13,14)8(3)4/h8-12H,5-7H2,1-4H3. The molecule has 0 aliphatic carbocycles. The monoisotopic (exact) mass is 237 g/mol. The summed E-state index contributed by atoms with van der Waals surface area (Å²) >= 11 is 0. The highest BCUT2D eigenvalue weighted by Crippen LogP contribution is 2.12. The number of sulfonamides is 1. The van der Waals surface area contributed by atoms with E-state index in [9.17, 15) is 13.5 Å². The van der Waals surface area contributed by atoms with E-state index in [0.29, 0.717) is 0 Å². The van der Waals surface area contributed by atoms with E-state index in [4.69, 9.17) is 0 Å². The molecule has 0 aromatic rings. The summed E-state index contributed by atoms with van der Waals surface area (Å²) in [6, 6.07) is 0. The Labute approximate surface area is 93.1 Å². The fraction of sp³-hybridized carbons (Fsp3) is 1.00. The van der Waals surface area contributed by atoms with Gasteiger partial charge < -0.3 is 5.11 Å². The molecule has 0 aromatic heterocycles. The van der Waals surface area contributed by atoms with Gasteiger partial charge in [0.1, 0.15) is 0 Å². The Balaban J connectivity index is 4.16. The number of rotatable bonds is 7. The van der Waals surface area contributed by atoms with Crippen LogP contribution in [0.15, 0.2) is 0 Å². The van der Waals surface area contributed by atoms with Crippen molar-refractivity contribution in [2.45, 2.75) is 51.9 Å². The summed E-state index contributed by atoms with van der Waals surface area (Å²) in [5.74, 6) is 0.167. The largest absolute Gasteiger partial charge is 0.391 e. The van der Waals surface area contributed by atoms with E-state index in [0.717, 1.165) is 12.8 Å². The highest BCUT2D eigenvalue weighted by Gasteiger charge is 2.20. The van der Waals surface area contributed by atoms with Crippen molar-refractivity contribution in [3.8, 4) is 0 Å². The van der Waals surface area contributed by atoms with Gasteiger partial charge in [-0.15, -0.1) is 0 Å². The third-order valence-corrected chi connectivity index (χ3v) is 4.52. The lowest BCUT2D eigenvalue weighted by molar-refractivity contribution is 0.107. The molecule has 0 aliphatic heterocycles. The van der Waals surface area contributed by atoms with Gasteiger partial charge in [0.2, 0.25) is 10.0 Å². The third kappa shape index (κ3) is 4.95. The average molecular weight is 237 g/mol. The first-order chi connectivity index (χ1) is 6.85. The first-order valence-corrected chi connectivity index (χ1v) is 7.06. The second-order valence-electron chi connectivity index (χ2n) is 4.09. The number of nitrogens with one attached hydrogen (secondary N) is 1. The molecular weight excluding hydrogens is 214 g/mol. The second kappa shape index (κ2) is 6.45. The van der Waals surface area contributed by atoms with Crippen LogP contribution in [0.4, 0.5) is 0 Å². The predicted molar refractivity (Wildman–Crippen MR) is 62.1 cm³/mol. The molecule has 92 valence electrons. The topological polar surface area (TPSA) is 66.4 Å². The minimum atomic E-state index is -3.25. The van der Waals surface area contributed by atoms with Gasteiger partial charge in [0.05, 0.1) is 11.4 Å². The Hall–Kier alpha value is -0.130. The maximum Gasteiger partial charge on any atom is 0.214 e. The van der Waals surface area contributed by atoms with Gasteiger partial charge in [-0.2, -0.15) is 0 Å². The van der Waals surface area contributed by atoms with Gasteiger partial charge in [-0.05, 0) is 19.8 Å². The van der Waals surface area contributed by atoms with Gasteiger partial charge in [-0.3, -0.25) is 0 Å². The summed E-state index contributed by atoms with van der Waals surface area (Å²) < 4.78 is 25.3. The summed E-state index contributed by atoms with van der Waals surface area (Å²) in [6.07, 6.45) is 1.14. The summed E-state index contributed by atoms with van der Waals surface area (Å²) in [7, 11) is -3.25. The highest BCUT2D eigenvalue weighted by molar-refractivity contribution is 7.90. The molecule has 15 heavy (non-hydrogen) atoms. The van der Waals surface area contributed by atoms with Crippen LogP contribution in [0.5, 0.6) is 0 Å². The van der Waals surface area contributed by atoms with Crippen LogP contribution in [-0.4, -0.2) is 31.4 Å². The Morgan fingerprint density at radius 1 is 1.20 bits per heavy atom. The van der Waals surface area contributed by atoms with Crippen LogP contribution in [0.25, 0.3) is 0 Å². The van der Waals surface area contributed by atoms with Crippen molar-refractivity contribution in [3.05, 3.63) is 0 Å². The Kier molecular flexibility index (Phi) is 6.40. The van der Waals surface area contributed by atoms with Gasteiger partial charge in [-0.1, -0.05) is 26.7 Å². The summed E-state index contributed by atoms with van der Waals surface area (Å²) in [5.41, 5.74) is 0. The smallest absolute Gasteiger partial charge is 0.214 e. The van der Waals surface area contributed by atoms with Gasteiger partial charge >= 0.3 is 0 Å². The van der Waals surface area contributed by atoms with E-state index in [-0.39, 0.29) is 12.5 Å². The molecule has 0 radical (unpaired) electrons. The van der Waals surface area contributed by atoms with Crippen LogP contribution >= 0.6 is 0 Å². The molecule has 2 N–H and O–H groups in total. The SMILES string of the molecule is CCC(CC)C(O)CNS(=O)(=O)C(C)C. The minimum absolute atomic E-state index is 0.118. The molecule has 1 atom stereocenters. The van der Waals surface area contributed by atoms with Crippen LogP contribution in [0.3, 0.4) is 0 Å². The van der Waals surface area contributed by atoms with Crippen LogP contribution in [-0.2, 0) is 10.0 Å². The Morgan fingerprint density at radius 3 is 2.00 bits per heavy atom. The van der Waals surface area contributed by atoms with Crippen molar-refractivity contribution in [2.75, 3.05) is 6.54 Å². The maximum absolute atomic E-state index is 11.4. The zero-order valence-corrected chi connectivity index (χ0v) is 10.8. The number of hydrogen-bond acceptors (Lipinski definition) is 3. The molecule has 0 saturated carbocycles. The average Bonchev–Trinajstić information content (AvgIpc) is 2.16. The van der Waals surface area contributed by atoms with E-state index in [1.807, 2.05) is 13.8 Å². The van der Waals surface area contributed by atoms with E-state index in [2.05, 4.69) is 4.72 Å². The molecule has 0 amide bonds. The molecule has 0 aliphatic rings. The van der Waals surface area contributed by atoms with Crippen LogP contribution in [0.2, 0.25) is 0 Å². The van der Waals surface area contributed by atoms with Gasteiger partial charge in [-0.25, -0.2) is 13.1 Å². The zero-order valence-electron chi connectivity index (χ0n) is 10.0. The first kappa shape index (κ1) is 14.9. The number of aliphatic hydroxyl groups excluding tert-OH is 1. The van der Waals surface area contributed by atoms with Crippen molar-refractivity contribution in [1.82, 2.24) is 4.72 Å². The molecule has 1 unspecified atom stereocenters. The lowest BCUT2D eigenvalue weighted by Crippen LogP contribution is -2.39. The molecule has 0 saturated heterocycles. The Bertz CT molecular complexity index is 258. The van der Waals surface area contributed by atoms with Crippen molar-refractivity contribution >= 4 is 10.0 Å². The molecule has 5 heteroatoms. The minimum Gasteiger partial charge on any atom is -0.391 e. The van der Waals surface area contributed by atoms with Crippen molar-refractivity contribution in [3.63, 3.8) is 0 Å². The molecule has 0 heterocycles. The Morgan fingerprint density at radius 2 is 1.67 bits per heavy atom. The van der Waals surface area contributed by atoms with Gasteiger partial charge in [0.15, 0.2) is 0 Å². The normalized spacial score (nSPS) is 14.9. The van der Waals surface area contributed by atoms with Crippen molar-refractivity contribution in [2.24, 2.45) is 5.92 Å². The highest BCUT2D eigenvalue weighted by atomic mass is 32.2. The van der Waals surface area contributed by atoms with Crippen molar-refractivity contribution < 1.29 is 13.5 Å². The van der Waals surface area contributed by atoms with Crippen LogP contribution in [0, 0.1) is 5.92 Å². The molecule has 0 aromatic carbocycles. The molecule has 4 nitrogen and oxygen atoms in total. The van der Waals surface area contributed by atoms with Gasteiger partial charge in [0, 0.05) is 6.54 Å². The summed E-state index contributed by atoms with van der Waals surface area (Å²) in [6.45, 7) is 7.34. The summed E-state index contributed by atoms with van der Waals surface area (Å²) in [4.78, 5) is 0. The molecule has 0 fully saturated rings. The molecule has 0 spiro atoms. The lowest BCUT2D eigenvalue weighted by Gasteiger charge is -2.20. The molecular formula is C10H23NO3S. The number of aliphatic hydroxyl groups is 1. The second-order valence-corrected chi connectivity index (χ2v) is 6.41. The summed E-state index contributed by atoms with van der Waals surface area (Å²) in [5, 5.41) is 9.27.